The first-order valence-electron chi connectivity index (χ1n) is 6.99. The zero-order valence-electron chi connectivity index (χ0n) is 11.8. The molecule has 8 heteroatoms. The van der Waals surface area contributed by atoms with Gasteiger partial charge in [-0.05, 0) is 18.8 Å². The average molecular weight is 297 g/mol. The third kappa shape index (κ3) is 2.84. The number of carboxylic acid groups (broad SMARTS) is 1. The van der Waals surface area contributed by atoms with Crippen molar-refractivity contribution in [2.45, 2.75) is 38.1 Å². The van der Waals surface area contributed by atoms with E-state index in [1.54, 1.807) is 0 Å². The van der Waals surface area contributed by atoms with Crippen LogP contribution in [0.1, 0.15) is 32.6 Å². The molecule has 2 aliphatic rings. The molecule has 1 heterocycles. The van der Waals surface area contributed by atoms with Gasteiger partial charge >= 0.3 is 12.0 Å². The average Bonchev–Trinajstić information content (AvgIpc) is 2.65. The first kappa shape index (κ1) is 15.3. The topological polar surface area (TPSA) is 116 Å². The number of carbonyl (C=O) groups is 4. The molecule has 0 aromatic carbocycles. The smallest absolute Gasteiger partial charge is 0.325 e. The van der Waals surface area contributed by atoms with Crippen LogP contribution < -0.4 is 10.6 Å². The van der Waals surface area contributed by atoms with E-state index in [4.69, 9.17) is 5.11 Å². The number of carbonyl (C=O) groups excluding carboxylic acids is 3. The van der Waals surface area contributed by atoms with Crippen molar-refractivity contribution in [1.29, 1.82) is 0 Å². The van der Waals surface area contributed by atoms with Gasteiger partial charge < -0.3 is 15.7 Å². The van der Waals surface area contributed by atoms with Crippen molar-refractivity contribution in [3.8, 4) is 0 Å². The second-order valence-corrected chi connectivity index (χ2v) is 5.61. The van der Waals surface area contributed by atoms with Gasteiger partial charge in [-0.1, -0.05) is 19.8 Å². The largest absolute Gasteiger partial charge is 0.480 e. The van der Waals surface area contributed by atoms with Gasteiger partial charge in [0, 0.05) is 0 Å². The molecular weight excluding hydrogens is 278 g/mol. The zero-order chi connectivity index (χ0) is 15.6. The normalized spacial score (nSPS) is 28.6. The standard InChI is InChI=1S/C13H19N3O5/c1-8-4-2-3-5-13(8)11(20)16(12(21)15-13)7-9(17)14-6-10(18)19/h8H,2-7H2,1H3,(H,14,17)(H,15,21)(H,18,19). The maximum atomic E-state index is 12.5. The van der Waals surface area contributed by atoms with Gasteiger partial charge in [-0.3, -0.25) is 19.3 Å². The Morgan fingerprint density at radius 1 is 1.43 bits per heavy atom. The van der Waals surface area contributed by atoms with Gasteiger partial charge in [0.1, 0.15) is 18.6 Å². The minimum Gasteiger partial charge on any atom is -0.480 e. The second-order valence-electron chi connectivity index (χ2n) is 5.61. The highest BCUT2D eigenvalue weighted by Gasteiger charge is 2.55. The van der Waals surface area contributed by atoms with E-state index in [1.807, 2.05) is 6.92 Å². The Bertz CT molecular complexity index is 492. The first-order chi connectivity index (χ1) is 9.86. The molecule has 1 spiro atoms. The number of rotatable bonds is 4. The summed E-state index contributed by atoms with van der Waals surface area (Å²) >= 11 is 0. The minimum absolute atomic E-state index is 0.0229. The van der Waals surface area contributed by atoms with Crippen molar-refractivity contribution < 1.29 is 24.3 Å². The van der Waals surface area contributed by atoms with Crippen LogP contribution in [0.3, 0.4) is 0 Å². The SMILES string of the molecule is CC1CCCCC12NC(=O)N(CC(=O)NCC(=O)O)C2=O. The molecule has 0 bridgehead atoms. The molecule has 2 unspecified atom stereocenters. The molecule has 1 saturated heterocycles. The summed E-state index contributed by atoms with van der Waals surface area (Å²) in [5.74, 6) is -2.21. The van der Waals surface area contributed by atoms with E-state index in [9.17, 15) is 19.2 Å². The predicted molar refractivity (Wildman–Crippen MR) is 71.3 cm³/mol. The maximum absolute atomic E-state index is 12.5. The summed E-state index contributed by atoms with van der Waals surface area (Å²) in [5.41, 5.74) is -0.900. The van der Waals surface area contributed by atoms with Crippen LogP contribution in [-0.2, 0) is 14.4 Å². The summed E-state index contributed by atoms with van der Waals surface area (Å²) in [5, 5.41) is 13.4. The molecule has 8 nitrogen and oxygen atoms in total. The lowest BCUT2D eigenvalue weighted by atomic mass is 9.73. The molecule has 1 saturated carbocycles. The van der Waals surface area contributed by atoms with Crippen LogP contribution in [0.5, 0.6) is 0 Å². The number of urea groups is 1. The maximum Gasteiger partial charge on any atom is 0.325 e. The van der Waals surface area contributed by atoms with Crippen molar-refractivity contribution in [1.82, 2.24) is 15.5 Å². The molecule has 2 atom stereocenters. The van der Waals surface area contributed by atoms with Crippen LogP contribution in [0.4, 0.5) is 4.79 Å². The first-order valence-corrected chi connectivity index (χ1v) is 6.99. The number of hydrogen-bond donors (Lipinski definition) is 3. The van der Waals surface area contributed by atoms with E-state index in [2.05, 4.69) is 10.6 Å². The summed E-state index contributed by atoms with van der Waals surface area (Å²) in [6.45, 7) is 0.932. The summed E-state index contributed by atoms with van der Waals surface area (Å²) in [6.07, 6.45) is 3.30. The summed E-state index contributed by atoms with van der Waals surface area (Å²) in [6, 6.07) is -0.584. The molecule has 21 heavy (non-hydrogen) atoms. The van der Waals surface area contributed by atoms with Crippen molar-refractivity contribution in [2.24, 2.45) is 5.92 Å². The Hall–Kier alpha value is -2.12. The lowest BCUT2D eigenvalue weighted by molar-refractivity contribution is -0.139. The quantitative estimate of drug-likeness (QED) is 0.615. The summed E-state index contributed by atoms with van der Waals surface area (Å²) in [4.78, 5) is 47.4. The van der Waals surface area contributed by atoms with E-state index in [-0.39, 0.29) is 11.8 Å². The Morgan fingerprint density at radius 2 is 2.14 bits per heavy atom. The van der Waals surface area contributed by atoms with Crippen LogP contribution in [0.25, 0.3) is 0 Å². The van der Waals surface area contributed by atoms with Crippen LogP contribution in [0, 0.1) is 5.92 Å². The van der Waals surface area contributed by atoms with Crippen molar-refractivity contribution in [3.63, 3.8) is 0 Å². The van der Waals surface area contributed by atoms with Crippen molar-refractivity contribution in [2.75, 3.05) is 13.1 Å². The van der Waals surface area contributed by atoms with E-state index in [0.29, 0.717) is 6.42 Å². The molecule has 2 rings (SSSR count). The Morgan fingerprint density at radius 3 is 2.76 bits per heavy atom. The van der Waals surface area contributed by atoms with Gasteiger partial charge in [-0.15, -0.1) is 0 Å². The number of amides is 4. The molecule has 0 radical (unpaired) electrons. The van der Waals surface area contributed by atoms with Crippen LogP contribution >= 0.6 is 0 Å². The highest BCUT2D eigenvalue weighted by Crippen LogP contribution is 2.37. The number of imide groups is 1. The third-order valence-electron chi connectivity index (χ3n) is 4.24. The summed E-state index contributed by atoms with van der Waals surface area (Å²) < 4.78 is 0. The molecule has 2 fully saturated rings. The predicted octanol–water partition coefficient (Wildman–Crippen LogP) is -0.312. The molecule has 0 aromatic rings. The number of carboxylic acids is 1. The molecule has 1 aliphatic heterocycles. The minimum atomic E-state index is -1.18. The van der Waals surface area contributed by atoms with Gasteiger partial charge in [-0.2, -0.15) is 0 Å². The molecule has 4 amide bonds. The number of aliphatic carboxylic acids is 1. The number of nitrogens with zero attached hydrogens (tertiary/aromatic N) is 1. The highest BCUT2D eigenvalue weighted by atomic mass is 16.4. The highest BCUT2D eigenvalue weighted by molar-refractivity contribution is 6.09. The fourth-order valence-electron chi connectivity index (χ4n) is 3.01. The van der Waals surface area contributed by atoms with Crippen molar-refractivity contribution >= 4 is 23.8 Å². The van der Waals surface area contributed by atoms with E-state index >= 15 is 0 Å². The van der Waals surface area contributed by atoms with Gasteiger partial charge in [0.25, 0.3) is 5.91 Å². The fourth-order valence-corrected chi connectivity index (χ4v) is 3.01. The van der Waals surface area contributed by atoms with Crippen LogP contribution in [0.15, 0.2) is 0 Å². The van der Waals surface area contributed by atoms with E-state index in [0.717, 1.165) is 24.2 Å². The monoisotopic (exact) mass is 297 g/mol. The lowest BCUT2D eigenvalue weighted by Gasteiger charge is -2.36. The Labute approximate surface area is 121 Å². The number of nitrogens with one attached hydrogen (secondary N) is 2. The van der Waals surface area contributed by atoms with E-state index in [1.165, 1.54) is 0 Å². The van der Waals surface area contributed by atoms with E-state index < -0.39 is 36.5 Å². The zero-order valence-corrected chi connectivity index (χ0v) is 11.8. The molecule has 116 valence electrons. The third-order valence-corrected chi connectivity index (χ3v) is 4.24. The van der Waals surface area contributed by atoms with Gasteiger partial charge in [0.2, 0.25) is 5.91 Å². The summed E-state index contributed by atoms with van der Waals surface area (Å²) in [7, 11) is 0. The molecule has 3 N–H and O–H groups in total. The lowest BCUT2D eigenvalue weighted by Crippen LogP contribution is -2.54. The molecule has 0 aromatic heterocycles. The number of hydrogen-bond acceptors (Lipinski definition) is 4. The van der Waals surface area contributed by atoms with Crippen LogP contribution in [0.2, 0.25) is 0 Å². The van der Waals surface area contributed by atoms with Crippen LogP contribution in [-0.4, -0.2) is 52.4 Å². The van der Waals surface area contributed by atoms with Gasteiger partial charge in [0.15, 0.2) is 0 Å². The Kier molecular flexibility index (Phi) is 4.15. The van der Waals surface area contributed by atoms with Crippen molar-refractivity contribution in [3.05, 3.63) is 0 Å². The second kappa shape index (κ2) is 5.71. The van der Waals surface area contributed by atoms with Gasteiger partial charge in [0.05, 0.1) is 0 Å². The molecule has 1 aliphatic carbocycles. The van der Waals surface area contributed by atoms with Gasteiger partial charge in [-0.25, -0.2) is 4.79 Å². The fraction of sp³-hybridized carbons (Fsp3) is 0.692. The Balaban J connectivity index is 2.05. The molecular formula is C13H19N3O5.